The first-order valence-corrected chi connectivity index (χ1v) is 4.13. The highest BCUT2D eigenvalue weighted by Crippen LogP contribution is 2.10. The summed E-state index contributed by atoms with van der Waals surface area (Å²) in [5.74, 6) is -2.42. The molecule has 1 heterocycles. The van der Waals surface area contributed by atoms with Gasteiger partial charge in [0, 0.05) is 0 Å². The Morgan fingerprint density at radius 3 is 2.69 bits per heavy atom. The summed E-state index contributed by atoms with van der Waals surface area (Å²) in [6, 6.07) is 0. The van der Waals surface area contributed by atoms with Crippen molar-refractivity contribution in [2.45, 2.75) is 6.92 Å². The van der Waals surface area contributed by atoms with Crippen LogP contribution >= 0.6 is 11.5 Å². The van der Waals surface area contributed by atoms with Gasteiger partial charge in [0.2, 0.25) is 0 Å². The van der Waals surface area contributed by atoms with Crippen molar-refractivity contribution >= 4 is 29.4 Å². The van der Waals surface area contributed by atoms with Crippen molar-refractivity contribution in [1.82, 2.24) is 9.59 Å². The second-order valence-electron chi connectivity index (χ2n) is 2.23. The Balaban J connectivity index is 2.75. The number of nitrogens with zero attached hydrogens (tertiary/aromatic N) is 2. The van der Waals surface area contributed by atoms with Crippen LogP contribution in [0.5, 0.6) is 0 Å². The predicted octanol–water partition coefficient (Wildman–Crippen LogP) is 0.513. The molecule has 0 aliphatic carbocycles. The van der Waals surface area contributed by atoms with Crippen molar-refractivity contribution < 1.29 is 14.7 Å². The van der Waals surface area contributed by atoms with Crippen LogP contribution in [-0.2, 0) is 9.59 Å². The topological polar surface area (TPSA) is 80.2 Å². The summed E-state index contributed by atoms with van der Waals surface area (Å²) in [5.41, 5.74) is 0.680. The smallest absolute Gasteiger partial charge is 0.376 e. The maximum absolute atomic E-state index is 10.6. The van der Waals surface area contributed by atoms with Gasteiger partial charge in [-0.15, -0.1) is 5.10 Å². The minimum absolute atomic E-state index is 0.680. The molecule has 1 N–H and O–H groups in total. The summed E-state index contributed by atoms with van der Waals surface area (Å²) in [6.45, 7) is 1.73. The molecule has 0 radical (unpaired) electrons. The van der Waals surface area contributed by atoms with E-state index < -0.39 is 11.8 Å². The van der Waals surface area contributed by atoms with Crippen molar-refractivity contribution in [2.75, 3.05) is 0 Å². The van der Waals surface area contributed by atoms with Gasteiger partial charge in [0.1, 0.15) is 0 Å². The van der Waals surface area contributed by atoms with Gasteiger partial charge in [-0.25, -0.2) is 4.79 Å². The molecule has 68 valence electrons. The van der Waals surface area contributed by atoms with Gasteiger partial charge in [0.25, 0.3) is 5.78 Å². The number of hydrogen-bond acceptors (Lipinski definition) is 5. The van der Waals surface area contributed by atoms with E-state index in [1.54, 1.807) is 6.92 Å². The number of aliphatic carboxylic acids is 1. The lowest BCUT2D eigenvalue weighted by Gasteiger charge is -1.84. The normalized spacial score (nSPS) is 10.5. The fourth-order valence-corrected chi connectivity index (χ4v) is 1.17. The molecule has 6 heteroatoms. The van der Waals surface area contributed by atoms with Crippen molar-refractivity contribution in [3.8, 4) is 0 Å². The van der Waals surface area contributed by atoms with Crippen molar-refractivity contribution in [3.63, 3.8) is 0 Å². The number of carbonyl (C=O) groups excluding carboxylic acids is 1. The zero-order chi connectivity index (χ0) is 9.84. The largest absolute Gasteiger partial charge is 0.475 e. The van der Waals surface area contributed by atoms with E-state index in [2.05, 4.69) is 9.59 Å². The number of ketones is 1. The van der Waals surface area contributed by atoms with E-state index in [1.807, 2.05) is 0 Å². The van der Waals surface area contributed by atoms with E-state index in [1.165, 1.54) is 6.08 Å². The molecule has 0 saturated carbocycles. The third-order valence-corrected chi connectivity index (χ3v) is 2.07. The Morgan fingerprint density at radius 1 is 1.54 bits per heavy atom. The summed E-state index contributed by atoms with van der Waals surface area (Å²) in [4.78, 5) is 21.4. The van der Waals surface area contributed by atoms with Crippen LogP contribution in [0.25, 0.3) is 6.08 Å². The number of hydrogen-bond donors (Lipinski definition) is 1. The summed E-state index contributed by atoms with van der Waals surface area (Å²) in [6.07, 6.45) is 2.39. The predicted molar refractivity (Wildman–Crippen MR) is 46.3 cm³/mol. The quantitative estimate of drug-likeness (QED) is 0.565. The van der Waals surface area contributed by atoms with E-state index >= 15 is 0 Å². The highest BCUT2D eigenvalue weighted by molar-refractivity contribution is 7.06. The Kier molecular flexibility index (Phi) is 2.86. The number of aryl methyl sites for hydroxylation is 1. The second kappa shape index (κ2) is 3.90. The fraction of sp³-hybridized carbons (Fsp3) is 0.143. The summed E-state index contributed by atoms with van der Waals surface area (Å²) in [7, 11) is 0. The van der Waals surface area contributed by atoms with Crippen LogP contribution in [0.4, 0.5) is 0 Å². The maximum atomic E-state index is 10.6. The van der Waals surface area contributed by atoms with E-state index in [-0.39, 0.29) is 0 Å². The highest BCUT2D eigenvalue weighted by atomic mass is 32.1. The number of carboxylic acids is 1. The zero-order valence-electron chi connectivity index (χ0n) is 6.72. The molecule has 0 aliphatic rings. The van der Waals surface area contributed by atoms with Gasteiger partial charge in [0.05, 0.1) is 10.6 Å². The molecule has 0 amide bonds. The van der Waals surface area contributed by atoms with Gasteiger partial charge in [-0.2, -0.15) is 0 Å². The average Bonchev–Trinajstić information content (AvgIpc) is 2.47. The minimum atomic E-state index is -1.47. The molecule has 1 aromatic rings. The lowest BCUT2D eigenvalue weighted by Crippen LogP contribution is -2.08. The van der Waals surface area contributed by atoms with Gasteiger partial charge in [-0.05, 0) is 30.6 Å². The summed E-state index contributed by atoms with van der Waals surface area (Å²) < 4.78 is 3.63. The van der Waals surface area contributed by atoms with Crippen LogP contribution in [0.1, 0.15) is 10.6 Å². The van der Waals surface area contributed by atoms with Gasteiger partial charge in [0.15, 0.2) is 0 Å². The Hall–Kier alpha value is -1.56. The fourth-order valence-electron chi connectivity index (χ4n) is 0.615. The molecule has 0 aromatic carbocycles. The van der Waals surface area contributed by atoms with Crippen LogP contribution in [0.15, 0.2) is 6.08 Å². The molecule has 0 bridgehead atoms. The number of rotatable bonds is 3. The molecular weight excluding hydrogens is 192 g/mol. The maximum Gasteiger partial charge on any atom is 0.376 e. The molecule has 13 heavy (non-hydrogen) atoms. The van der Waals surface area contributed by atoms with Crippen LogP contribution in [0.2, 0.25) is 0 Å². The third-order valence-electron chi connectivity index (χ3n) is 1.28. The van der Waals surface area contributed by atoms with Crippen LogP contribution in [0, 0.1) is 6.92 Å². The van der Waals surface area contributed by atoms with E-state index in [0.717, 1.165) is 17.6 Å². The summed E-state index contributed by atoms with van der Waals surface area (Å²) >= 11 is 1.11. The van der Waals surface area contributed by atoms with E-state index in [9.17, 15) is 9.59 Å². The van der Waals surface area contributed by atoms with Gasteiger partial charge < -0.3 is 5.11 Å². The monoisotopic (exact) mass is 198 g/mol. The zero-order valence-corrected chi connectivity index (χ0v) is 7.54. The van der Waals surface area contributed by atoms with Gasteiger partial charge in [-0.3, -0.25) is 4.79 Å². The first-order valence-electron chi connectivity index (χ1n) is 3.35. The van der Waals surface area contributed by atoms with Crippen LogP contribution in [0.3, 0.4) is 0 Å². The lowest BCUT2D eigenvalue weighted by molar-refractivity contribution is -0.146. The lowest BCUT2D eigenvalue weighted by atomic mass is 10.3. The van der Waals surface area contributed by atoms with E-state index in [0.29, 0.717) is 10.6 Å². The summed E-state index contributed by atoms with van der Waals surface area (Å²) in [5, 5.41) is 11.9. The molecule has 0 spiro atoms. The molecule has 0 saturated heterocycles. The number of aromatic nitrogens is 2. The molecule has 0 atom stereocenters. The molecule has 0 unspecified atom stereocenters. The Morgan fingerprint density at radius 2 is 2.23 bits per heavy atom. The van der Waals surface area contributed by atoms with Crippen molar-refractivity contribution in [1.29, 1.82) is 0 Å². The van der Waals surface area contributed by atoms with Crippen molar-refractivity contribution in [2.24, 2.45) is 0 Å². The Labute approximate surface area is 77.9 Å². The minimum Gasteiger partial charge on any atom is -0.475 e. The van der Waals surface area contributed by atoms with E-state index in [4.69, 9.17) is 5.11 Å². The van der Waals surface area contributed by atoms with Gasteiger partial charge in [-0.1, -0.05) is 4.49 Å². The SMILES string of the molecule is Cc1nnsc1/C=C/C(=O)C(=O)O. The van der Waals surface area contributed by atoms with Crippen LogP contribution in [-0.4, -0.2) is 26.4 Å². The Bertz CT molecular complexity index is 370. The first-order chi connectivity index (χ1) is 6.11. The standard InChI is InChI=1S/C7H6N2O3S/c1-4-6(13-9-8-4)3-2-5(10)7(11)12/h2-3H,1H3,(H,11,12)/b3-2+. The second-order valence-corrected chi connectivity index (χ2v) is 3.01. The molecule has 0 aliphatic heterocycles. The molecule has 1 rings (SSSR count). The average molecular weight is 198 g/mol. The van der Waals surface area contributed by atoms with Gasteiger partial charge >= 0.3 is 5.97 Å². The molecular formula is C7H6N2O3S. The molecule has 0 fully saturated rings. The molecule has 5 nitrogen and oxygen atoms in total. The number of carboxylic acid groups (broad SMARTS) is 1. The number of carbonyl (C=O) groups is 2. The molecule has 1 aromatic heterocycles. The van der Waals surface area contributed by atoms with Crippen molar-refractivity contribution in [3.05, 3.63) is 16.6 Å². The first kappa shape index (κ1) is 9.53. The van der Waals surface area contributed by atoms with Crippen LogP contribution < -0.4 is 0 Å². The highest BCUT2D eigenvalue weighted by Gasteiger charge is 2.06. The third kappa shape index (κ3) is 2.45.